The van der Waals surface area contributed by atoms with Crippen molar-refractivity contribution in [2.45, 2.75) is 51.9 Å². The summed E-state index contributed by atoms with van der Waals surface area (Å²) in [7, 11) is 0. The Labute approximate surface area is 400 Å². The van der Waals surface area contributed by atoms with Crippen LogP contribution in [0.25, 0.3) is 42.9 Å². The van der Waals surface area contributed by atoms with Gasteiger partial charge in [-0.05, 0) is 61.4 Å². The molecule has 0 radical (unpaired) electrons. The highest BCUT2D eigenvalue weighted by atomic mass is 32.1. The van der Waals surface area contributed by atoms with Crippen LogP contribution in [0.4, 0.5) is 36.6 Å². The second kappa shape index (κ2) is 22.8. The lowest BCUT2D eigenvalue weighted by Crippen LogP contribution is -2.04. The zero-order chi connectivity index (χ0) is 50.6. The standard InChI is InChI=1S/2C20H13F3N4O2S.C6H10O4/c2*1-11(28)26-19-27-18-15(3-2-4-16(18)30-19)29-17-9-14(24-10-25-17)12-5-7-13(8-6-12)20(21,22)23;7-5(8)3-1-2-4-6(9)10/h2*2-10H,1H3,(H,26,27,28);1-4H2,(H,7,8)(H,9,10). The van der Waals surface area contributed by atoms with E-state index < -0.39 is 35.4 Å². The van der Waals surface area contributed by atoms with Crippen LogP contribution in [-0.4, -0.2) is 63.9 Å². The largest absolute Gasteiger partial charge is 0.481 e. The van der Waals surface area contributed by atoms with Gasteiger partial charge < -0.3 is 30.3 Å². The number of hydrogen-bond acceptors (Lipinski definition) is 14. The summed E-state index contributed by atoms with van der Waals surface area (Å²) >= 11 is 2.61. The van der Waals surface area contributed by atoms with Crippen LogP contribution < -0.4 is 20.1 Å². The first-order chi connectivity index (χ1) is 33.2. The van der Waals surface area contributed by atoms with E-state index in [9.17, 15) is 45.5 Å². The number of unbranched alkanes of at least 4 members (excludes halogenated alkanes) is 1. The Kier molecular flexibility index (Phi) is 16.7. The summed E-state index contributed by atoms with van der Waals surface area (Å²) in [4.78, 5) is 67.4. The Bertz CT molecular complexity index is 2920. The molecule has 362 valence electrons. The molecule has 2 amide bonds. The van der Waals surface area contributed by atoms with E-state index in [-0.39, 0.29) is 36.4 Å². The van der Waals surface area contributed by atoms with Crippen LogP contribution in [0.15, 0.2) is 110 Å². The van der Waals surface area contributed by atoms with Gasteiger partial charge >= 0.3 is 24.3 Å². The fourth-order valence-corrected chi connectivity index (χ4v) is 7.82. The third kappa shape index (κ3) is 14.7. The summed E-state index contributed by atoms with van der Waals surface area (Å²) in [5, 5.41) is 22.4. The van der Waals surface area contributed by atoms with Crippen LogP contribution in [0.5, 0.6) is 23.3 Å². The lowest BCUT2D eigenvalue weighted by Gasteiger charge is -2.09. The van der Waals surface area contributed by atoms with E-state index in [4.69, 9.17) is 19.7 Å². The van der Waals surface area contributed by atoms with Crippen LogP contribution in [0.2, 0.25) is 0 Å². The third-order valence-corrected chi connectivity index (χ3v) is 11.0. The van der Waals surface area contributed by atoms with E-state index in [1.807, 2.05) is 12.1 Å². The maximum Gasteiger partial charge on any atom is 0.416 e. The predicted octanol–water partition coefficient (Wildman–Crippen LogP) is 11.8. The Balaban J connectivity index is 0.000000193. The normalized spacial score (nSPS) is 11.1. The number of aromatic nitrogens is 6. The number of carboxylic acid groups (broad SMARTS) is 2. The number of benzene rings is 4. The molecular weight excluding hydrogens is 971 g/mol. The topological polar surface area (TPSA) is 229 Å². The molecule has 8 aromatic rings. The number of thiazole rings is 2. The molecule has 0 aliphatic carbocycles. The number of carboxylic acids is 2. The molecular formula is C46H36F6N8O8S2. The van der Waals surface area contributed by atoms with Gasteiger partial charge in [0.05, 0.1) is 31.9 Å². The molecule has 0 atom stereocenters. The second-order valence-corrected chi connectivity index (χ2v) is 16.5. The van der Waals surface area contributed by atoms with Gasteiger partial charge in [0, 0.05) is 49.9 Å². The number of alkyl halides is 6. The molecule has 0 saturated heterocycles. The summed E-state index contributed by atoms with van der Waals surface area (Å²) in [5.74, 6) is -0.921. The van der Waals surface area contributed by atoms with Gasteiger partial charge in [0.15, 0.2) is 21.8 Å². The molecule has 0 aliphatic rings. The van der Waals surface area contributed by atoms with Gasteiger partial charge in [0.2, 0.25) is 23.6 Å². The number of amides is 2. The average Bonchev–Trinajstić information content (AvgIpc) is 3.92. The molecule has 0 saturated carbocycles. The number of anilines is 2. The average molecular weight is 1010 g/mol. The summed E-state index contributed by atoms with van der Waals surface area (Å²) in [6.07, 6.45) is -5.25. The molecule has 24 heteroatoms. The molecule has 4 aromatic carbocycles. The zero-order valence-corrected chi connectivity index (χ0v) is 38.0. The van der Waals surface area contributed by atoms with Gasteiger partial charge in [-0.3, -0.25) is 19.2 Å². The van der Waals surface area contributed by atoms with Gasteiger partial charge in [0.1, 0.15) is 23.7 Å². The quantitative estimate of drug-likeness (QED) is 0.0622. The number of ether oxygens (including phenoxy) is 2. The van der Waals surface area contributed by atoms with Crippen molar-refractivity contribution in [3.63, 3.8) is 0 Å². The van der Waals surface area contributed by atoms with Gasteiger partial charge in [0.25, 0.3) is 0 Å². The molecule has 8 rings (SSSR count). The number of nitrogens with one attached hydrogen (secondary N) is 2. The van der Waals surface area contributed by atoms with Crippen molar-refractivity contribution in [3.05, 3.63) is 121 Å². The van der Waals surface area contributed by atoms with Gasteiger partial charge in [-0.25, -0.2) is 29.9 Å². The van der Waals surface area contributed by atoms with Crippen molar-refractivity contribution >= 4 is 77.1 Å². The Morgan fingerprint density at radius 2 is 0.929 bits per heavy atom. The number of fused-ring (bicyclic) bond motifs is 2. The number of nitrogens with zero attached hydrogens (tertiary/aromatic N) is 6. The van der Waals surface area contributed by atoms with E-state index in [1.165, 1.54) is 85.6 Å². The maximum atomic E-state index is 12.8. The Morgan fingerprint density at radius 3 is 1.26 bits per heavy atom. The van der Waals surface area contributed by atoms with Crippen molar-refractivity contribution in [1.29, 1.82) is 0 Å². The molecule has 16 nitrogen and oxygen atoms in total. The molecule has 70 heavy (non-hydrogen) atoms. The maximum absolute atomic E-state index is 12.8. The van der Waals surface area contributed by atoms with Crippen LogP contribution in [0.3, 0.4) is 0 Å². The minimum atomic E-state index is -4.40. The number of carbonyl (C=O) groups is 4. The van der Waals surface area contributed by atoms with Crippen molar-refractivity contribution < 1.29 is 65.2 Å². The van der Waals surface area contributed by atoms with Crippen LogP contribution in [-0.2, 0) is 31.5 Å². The van der Waals surface area contributed by atoms with Gasteiger partial charge in [-0.1, -0.05) is 59.1 Å². The van der Waals surface area contributed by atoms with Gasteiger partial charge in [-0.2, -0.15) is 26.3 Å². The predicted molar refractivity (Wildman–Crippen MR) is 247 cm³/mol. The number of aliphatic carboxylic acids is 2. The molecule has 0 fully saturated rings. The number of rotatable bonds is 13. The van der Waals surface area contributed by atoms with E-state index in [0.29, 0.717) is 68.2 Å². The van der Waals surface area contributed by atoms with Crippen LogP contribution >= 0.6 is 22.7 Å². The van der Waals surface area contributed by atoms with Crippen molar-refractivity contribution in [3.8, 4) is 45.8 Å². The highest BCUT2D eigenvalue weighted by Crippen LogP contribution is 2.37. The number of para-hydroxylation sites is 2. The van der Waals surface area contributed by atoms with E-state index in [1.54, 1.807) is 24.3 Å². The highest BCUT2D eigenvalue weighted by molar-refractivity contribution is 7.22. The highest BCUT2D eigenvalue weighted by Gasteiger charge is 2.31. The minimum Gasteiger partial charge on any atom is -0.481 e. The minimum absolute atomic E-state index is 0.0628. The number of hydrogen-bond donors (Lipinski definition) is 4. The summed E-state index contributed by atoms with van der Waals surface area (Å²) in [5.41, 5.74) is 1.46. The van der Waals surface area contributed by atoms with E-state index >= 15 is 0 Å². The molecule has 4 N–H and O–H groups in total. The molecule has 0 bridgehead atoms. The summed E-state index contributed by atoms with van der Waals surface area (Å²) < 4.78 is 89.9. The Hall–Kier alpha value is -8.12. The molecule has 0 unspecified atom stereocenters. The first-order valence-corrected chi connectivity index (χ1v) is 22.0. The van der Waals surface area contributed by atoms with Gasteiger partial charge in [-0.15, -0.1) is 0 Å². The fraction of sp³-hybridized carbons (Fsp3) is 0.174. The first-order valence-electron chi connectivity index (χ1n) is 20.3. The third-order valence-electron chi connectivity index (χ3n) is 9.09. The smallest absolute Gasteiger partial charge is 0.416 e. The summed E-state index contributed by atoms with van der Waals surface area (Å²) in [6, 6.07) is 23.1. The fourth-order valence-electron chi connectivity index (χ4n) is 5.96. The van der Waals surface area contributed by atoms with E-state index in [2.05, 4.69) is 40.5 Å². The van der Waals surface area contributed by atoms with E-state index in [0.717, 1.165) is 33.7 Å². The summed E-state index contributed by atoms with van der Waals surface area (Å²) in [6.45, 7) is 2.79. The van der Waals surface area contributed by atoms with Crippen LogP contribution in [0, 0.1) is 0 Å². The van der Waals surface area contributed by atoms with Crippen molar-refractivity contribution in [1.82, 2.24) is 29.9 Å². The van der Waals surface area contributed by atoms with Crippen molar-refractivity contribution in [2.75, 3.05) is 10.6 Å². The van der Waals surface area contributed by atoms with Crippen molar-refractivity contribution in [2.24, 2.45) is 0 Å². The molecule has 0 aliphatic heterocycles. The molecule has 4 aromatic heterocycles. The lowest BCUT2D eigenvalue weighted by molar-refractivity contribution is -0.139. The monoisotopic (exact) mass is 1010 g/mol. The SMILES string of the molecule is CC(=O)Nc1nc2c(Oc3cc(-c4ccc(C(F)(F)F)cc4)ncn3)cccc2s1.CC(=O)Nc1nc2c(Oc3cc(-c4ccc(C(F)(F)F)cc4)ncn3)cccc2s1.O=C(O)CCCCC(=O)O. The Morgan fingerprint density at radius 1 is 0.557 bits per heavy atom. The number of halogens is 6. The van der Waals surface area contributed by atoms with Crippen LogP contribution in [0.1, 0.15) is 50.7 Å². The lowest BCUT2D eigenvalue weighted by atomic mass is 10.1. The first kappa shape index (κ1) is 51.3. The molecule has 4 heterocycles. The second-order valence-electron chi connectivity index (χ2n) is 14.4. The number of carbonyl (C=O) groups excluding carboxylic acids is 2. The zero-order valence-electron chi connectivity index (χ0n) is 36.3. The molecule has 0 spiro atoms.